The number of rotatable bonds is 2. The van der Waals surface area contributed by atoms with Crippen LogP contribution in [0.2, 0.25) is 0 Å². The van der Waals surface area contributed by atoms with Crippen molar-refractivity contribution in [2.45, 2.75) is 56.6 Å². The van der Waals surface area contributed by atoms with Crippen molar-refractivity contribution in [3.05, 3.63) is 53.6 Å². The Kier molecular flexibility index (Phi) is 4.42. The van der Waals surface area contributed by atoms with Crippen molar-refractivity contribution in [1.29, 1.82) is 0 Å². The van der Waals surface area contributed by atoms with Crippen LogP contribution in [0.15, 0.2) is 42.5 Å². The Labute approximate surface area is 170 Å². The molecule has 150 valence electrons. The van der Waals surface area contributed by atoms with E-state index < -0.39 is 0 Å². The molecule has 1 fully saturated rings. The van der Waals surface area contributed by atoms with Crippen LogP contribution in [-0.2, 0) is 11.2 Å². The first-order valence-corrected chi connectivity index (χ1v) is 10.4. The average Bonchev–Trinajstić information content (AvgIpc) is 2.87. The smallest absolute Gasteiger partial charge is 0.319 e. The van der Waals surface area contributed by atoms with Gasteiger partial charge in [-0.3, -0.25) is 4.79 Å². The zero-order valence-corrected chi connectivity index (χ0v) is 16.3. The number of ether oxygens (including phenoxy) is 1. The first-order valence-electron chi connectivity index (χ1n) is 10.4. The van der Waals surface area contributed by atoms with Gasteiger partial charge >= 0.3 is 6.03 Å². The van der Waals surface area contributed by atoms with Gasteiger partial charge in [0.25, 0.3) is 0 Å². The first kappa shape index (κ1) is 18.0. The number of hydrogen-bond acceptors (Lipinski definition) is 3. The van der Waals surface area contributed by atoms with E-state index in [0.29, 0.717) is 6.42 Å². The van der Waals surface area contributed by atoms with E-state index in [1.165, 1.54) is 6.42 Å². The SMILES string of the molecule is O=C1CCCc2cc(NC(=O)NC3CC4(CCC4)Oc4ccccc43)ccc2N1. The van der Waals surface area contributed by atoms with E-state index in [-0.39, 0.29) is 23.6 Å². The van der Waals surface area contributed by atoms with E-state index in [1.807, 2.05) is 42.5 Å². The van der Waals surface area contributed by atoms with Crippen molar-refractivity contribution < 1.29 is 14.3 Å². The second-order valence-corrected chi connectivity index (χ2v) is 8.31. The number of nitrogens with one attached hydrogen (secondary N) is 3. The lowest BCUT2D eigenvalue weighted by molar-refractivity contribution is -0.116. The van der Waals surface area contributed by atoms with E-state index in [2.05, 4.69) is 16.0 Å². The third kappa shape index (κ3) is 3.55. The minimum atomic E-state index is -0.223. The molecule has 2 aromatic carbocycles. The van der Waals surface area contributed by atoms with Gasteiger partial charge in [0, 0.05) is 29.8 Å². The molecule has 0 radical (unpaired) electrons. The Hall–Kier alpha value is -3.02. The van der Waals surface area contributed by atoms with Gasteiger partial charge in [-0.1, -0.05) is 18.2 Å². The molecule has 2 heterocycles. The summed E-state index contributed by atoms with van der Waals surface area (Å²) in [6, 6.07) is 13.3. The van der Waals surface area contributed by atoms with Crippen molar-refractivity contribution in [2.75, 3.05) is 10.6 Å². The summed E-state index contributed by atoms with van der Waals surface area (Å²) in [5, 5.41) is 9.03. The lowest BCUT2D eigenvalue weighted by Gasteiger charge is -2.48. The zero-order valence-electron chi connectivity index (χ0n) is 16.3. The summed E-state index contributed by atoms with van der Waals surface area (Å²) in [6.45, 7) is 0. The number of carbonyl (C=O) groups is 2. The van der Waals surface area contributed by atoms with Gasteiger partial charge in [-0.05, 0) is 61.9 Å². The molecule has 29 heavy (non-hydrogen) atoms. The van der Waals surface area contributed by atoms with E-state index in [4.69, 9.17) is 4.74 Å². The molecule has 0 bridgehead atoms. The maximum Gasteiger partial charge on any atom is 0.319 e. The van der Waals surface area contributed by atoms with E-state index >= 15 is 0 Å². The Morgan fingerprint density at radius 3 is 2.79 bits per heavy atom. The van der Waals surface area contributed by atoms with Crippen LogP contribution in [0.25, 0.3) is 0 Å². The van der Waals surface area contributed by atoms with E-state index in [9.17, 15) is 9.59 Å². The molecule has 0 aromatic heterocycles. The third-order valence-electron chi connectivity index (χ3n) is 6.25. The highest BCUT2D eigenvalue weighted by molar-refractivity contribution is 5.94. The fourth-order valence-corrected chi connectivity index (χ4v) is 4.60. The molecule has 1 aliphatic carbocycles. The van der Waals surface area contributed by atoms with Gasteiger partial charge in [0.15, 0.2) is 0 Å². The maximum atomic E-state index is 12.8. The Morgan fingerprint density at radius 1 is 1.10 bits per heavy atom. The van der Waals surface area contributed by atoms with Crippen LogP contribution in [0.5, 0.6) is 5.75 Å². The topological polar surface area (TPSA) is 79.5 Å². The van der Waals surface area contributed by atoms with Crippen LogP contribution >= 0.6 is 0 Å². The molecule has 0 saturated heterocycles. The number of amides is 3. The van der Waals surface area contributed by atoms with Crippen LogP contribution < -0.4 is 20.7 Å². The third-order valence-corrected chi connectivity index (χ3v) is 6.25. The molecule has 3 amide bonds. The fraction of sp³-hybridized carbons (Fsp3) is 0.391. The quantitative estimate of drug-likeness (QED) is 0.704. The van der Waals surface area contributed by atoms with Crippen LogP contribution in [0.4, 0.5) is 16.2 Å². The van der Waals surface area contributed by atoms with Crippen LogP contribution in [-0.4, -0.2) is 17.5 Å². The maximum absolute atomic E-state index is 12.8. The van der Waals surface area contributed by atoms with Crippen molar-refractivity contribution in [2.24, 2.45) is 0 Å². The monoisotopic (exact) mass is 391 g/mol. The van der Waals surface area contributed by atoms with Gasteiger partial charge in [0.2, 0.25) is 5.91 Å². The largest absolute Gasteiger partial charge is 0.487 e. The Balaban J connectivity index is 1.31. The average molecular weight is 391 g/mol. The number of anilines is 2. The van der Waals surface area contributed by atoms with Gasteiger partial charge in [-0.25, -0.2) is 4.79 Å². The molecule has 2 aromatic rings. The first-order chi connectivity index (χ1) is 14.1. The molecule has 3 aliphatic rings. The summed E-state index contributed by atoms with van der Waals surface area (Å²) >= 11 is 0. The van der Waals surface area contributed by atoms with Gasteiger partial charge < -0.3 is 20.7 Å². The molecular weight excluding hydrogens is 366 g/mol. The standard InChI is InChI=1S/C23H25N3O3/c27-21-8-3-5-15-13-16(9-10-18(15)25-21)24-22(28)26-19-14-23(11-4-12-23)29-20-7-2-1-6-17(19)20/h1-2,6-7,9-10,13,19H,3-5,8,11-12,14H2,(H,25,27)(H2,24,26,28). The Morgan fingerprint density at radius 2 is 1.97 bits per heavy atom. The number of fused-ring (bicyclic) bond motifs is 2. The van der Waals surface area contributed by atoms with Crippen molar-refractivity contribution in [3.63, 3.8) is 0 Å². The van der Waals surface area contributed by atoms with Gasteiger partial charge in [0.1, 0.15) is 11.4 Å². The van der Waals surface area contributed by atoms with Crippen molar-refractivity contribution in [3.8, 4) is 5.75 Å². The van der Waals surface area contributed by atoms with Crippen molar-refractivity contribution >= 4 is 23.3 Å². The molecule has 1 spiro atoms. The molecule has 6 heteroatoms. The highest BCUT2D eigenvalue weighted by atomic mass is 16.5. The van der Waals surface area contributed by atoms with Gasteiger partial charge in [-0.15, -0.1) is 0 Å². The summed E-state index contributed by atoms with van der Waals surface area (Å²) in [6.07, 6.45) is 6.22. The molecule has 6 nitrogen and oxygen atoms in total. The molecular formula is C23H25N3O3. The number of urea groups is 1. The number of benzene rings is 2. The predicted octanol–water partition coefficient (Wildman–Crippen LogP) is 4.53. The van der Waals surface area contributed by atoms with Gasteiger partial charge in [-0.2, -0.15) is 0 Å². The second-order valence-electron chi connectivity index (χ2n) is 8.31. The van der Waals surface area contributed by atoms with E-state index in [1.54, 1.807) is 0 Å². The second kappa shape index (κ2) is 7.10. The summed E-state index contributed by atoms with van der Waals surface area (Å²) in [4.78, 5) is 24.5. The van der Waals surface area contributed by atoms with Gasteiger partial charge in [0.05, 0.1) is 6.04 Å². The fourth-order valence-electron chi connectivity index (χ4n) is 4.60. The highest BCUT2D eigenvalue weighted by Crippen LogP contribution is 2.48. The zero-order chi connectivity index (χ0) is 19.8. The number of aryl methyl sites for hydroxylation is 1. The van der Waals surface area contributed by atoms with E-state index in [0.717, 1.165) is 60.4 Å². The number of hydrogen-bond donors (Lipinski definition) is 3. The minimum Gasteiger partial charge on any atom is -0.487 e. The summed E-state index contributed by atoms with van der Waals surface area (Å²) in [5.74, 6) is 0.926. The molecule has 3 N–H and O–H groups in total. The molecule has 2 aliphatic heterocycles. The van der Waals surface area contributed by atoms with Crippen LogP contribution in [0.3, 0.4) is 0 Å². The van der Waals surface area contributed by atoms with Crippen LogP contribution in [0, 0.1) is 0 Å². The molecule has 1 atom stereocenters. The number of para-hydroxylation sites is 1. The molecule has 1 saturated carbocycles. The molecule has 1 unspecified atom stereocenters. The van der Waals surface area contributed by atoms with Crippen molar-refractivity contribution in [1.82, 2.24) is 5.32 Å². The summed E-state index contributed by atoms with van der Waals surface area (Å²) in [5.41, 5.74) is 3.53. The lowest BCUT2D eigenvalue weighted by atomic mass is 9.73. The summed E-state index contributed by atoms with van der Waals surface area (Å²) in [7, 11) is 0. The lowest BCUT2D eigenvalue weighted by Crippen LogP contribution is -2.50. The summed E-state index contributed by atoms with van der Waals surface area (Å²) < 4.78 is 6.26. The predicted molar refractivity (Wildman–Crippen MR) is 111 cm³/mol. The number of carbonyl (C=O) groups excluding carboxylic acids is 2. The Bertz CT molecular complexity index is 968. The normalized spacial score (nSPS) is 21.5. The molecule has 5 rings (SSSR count). The minimum absolute atomic E-state index is 0.0466. The highest BCUT2D eigenvalue weighted by Gasteiger charge is 2.45. The van der Waals surface area contributed by atoms with Crippen LogP contribution in [0.1, 0.15) is 55.7 Å².